The Morgan fingerprint density at radius 3 is 2.71 bits per heavy atom. The Hall–Kier alpha value is -2.47. The van der Waals surface area contributed by atoms with Gasteiger partial charge in [-0.25, -0.2) is 9.97 Å². The summed E-state index contributed by atoms with van der Waals surface area (Å²) in [6, 6.07) is 9.99. The van der Waals surface area contributed by atoms with Gasteiger partial charge in [-0.2, -0.15) is 0 Å². The molecule has 0 fully saturated rings. The first-order chi connectivity index (χ1) is 11.6. The molecule has 1 aromatic carbocycles. The molecule has 5 nitrogen and oxygen atoms in total. The summed E-state index contributed by atoms with van der Waals surface area (Å²) in [5.74, 6) is 0.808. The minimum atomic E-state index is 0.0156. The van der Waals surface area contributed by atoms with Gasteiger partial charge < -0.3 is 10.2 Å². The summed E-state index contributed by atoms with van der Waals surface area (Å²) in [6.07, 6.45) is 1.54. The van der Waals surface area contributed by atoms with Crippen molar-refractivity contribution >= 4 is 33.3 Å². The van der Waals surface area contributed by atoms with Crippen LogP contribution in [0.1, 0.15) is 27.7 Å². The highest BCUT2D eigenvalue weighted by Gasteiger charge is 2.21. The highest BCUT2D eigenvalue weighted by atomic mass is 32.1. The highest BCUT2D eigenvalue weighted by molar-refractivity contribution is 7.20. The zero-order valence-corrected chi connectivity index (χ0v) is 14.9. The number of thiophene rings is 1. The molecule has 0 spiro atoms. The van der Waals surface area contributed by atoms with Crippen molar-refractivity contribution < 1.29 is 4.79 Å². The van der Waals surface area contributed by atoms with Gasteiger partial charge in [0.1, 0.15) is 17.0 Å². The van der Waals surface area contributed by atoms with Crippen molar-refractivity contribution in [1.82, 2.24) is 14.9 Å². The molecule has 6 heteroatoms. The van der Waals surface area contributed by atoms with Gasteiger partial charge in [-0.15, -0.1) is 11.3 Å². The first kappa shape index (κ1) is 16.4. The number of rotatable bonds is 5. The number of anilines is 1. The average molecular weight is 340 g/mol. The number of hydrogen-bond acceptors (Lipinski definition) is 5. The molecular weight excluding hydrogens is 320 g/mol. The Balaban J connectivity index is 1.92. The fraction of sp³-hybridized carbons (Fsp3) is 0.278. The average Bonchev–Trinajstić information content (AvgIpc) is 2.93. The van der Waals surface area contributed by atoms with Crippen LogP contribution in [0.3, 0.4) is 0 Å². The normalized spacial score (nSPS) is 10.8. The predicted octanol–water partition coefficient (Wildman–Crippen LogP) is 3.70. The summed E-state index contributed by atoms with van der Waals surface area (Å²) < 4.78 is 0. The number of carbonyl (C=O) groups excluding carboxylic acids is 1. The van der Waals surface area contributed by atoms with E-state index >= 15 is 0 Å². The Morgan fingerprint density at radius 1 is 1.25 bits per heavy atom. The van der Waals surface area contributed by atoms with E-state index in [1.807, 2.05) is 51.2 Å². The lowest BCUT2D eigenvalue weighted by Crippen LogP contribution is -2.25. The number of carbonyl (C=O) groups is 1. The molecule has 0 aliphatic rings. The topological polar surface area (TPSA) is 58.1 Å². The summed E-state index contributed by atoms with van der Waals surface area (Å²) in [7, 11) is 1.83. The molecule has 2 heterocycles. The van der Waals surface area contributed by atoms with Crippen molar-refractivity contribution in [3.05, 3.63) is 52.7 Å². The van der Waals surface area contributed by atoms with Gasteiger partial charge in [-0.1, -0.05) is 30.3 Å². The molecule has 3 aromatic rings. The third-order valence-electron chi connectivity index (χ3n) is 3.87. The summed E-state index contributed by atoms with van der Waals surface area (Å²) in [4.78, 5) is 24.8. The monoisotopic (exact) mass is 340 g/mol. The van der Waals surface area contributed by atoms with Crippen LogP contribution in [0.5, 0.6) is 0 Å². The number of nitrogens with zero attached hydrogens (tertiary/aromatic N) is 3. The fourth-order valence-electron chi connectivity index (χ4n) is 2.68. The number of hydrogen-bond donors (Lipinski definition) is 1. The second kappa shape index (κ2) is 6.97. The molecule has 0 unspecified atom stereocenters. The summed E-state index contributed by atoms with van der Waals surface area (Å²) in [5, 5.41) is 4.19. The number of nitrogens with one attached hydrogen (secondary N) is 1. The summed E-state index contributed by atoms with van der Waals surface area (Å²) in [5.41, 5.74) is 2.05. The third-order valence-corrected chi connectivity index (χ3v) is 5.06. The van der Waals surface area contributed by atoms with Crippen LogP contribution in [0, 0.1) is 6.92 Å². The summed E-state index contributed by atoms with van der Waals surface area (Å²) >= 11 is 1.43. The van der Waals surface area contributed by atoms with E-state index in [2.05, 4.69) is 15.3 Å². The lowest BCUT2D eigenvalue weighted by molar-refractivity contribution is 0.0789. The second-order valence-electron chi connectivity index (χ2n) is 5.64. The number of fused-ring (bicyclic) bond motifs is 1. The van der Waals surface area contributed by atoms with E-state index in [9.17, 15) is 4.79 Å². The molecule has 124 valence electrons. The number of aryl methyl sites for hydroxylation is 1. The van der Waals surface area contributed by atoms with E-state index < -0.39 is 0 Å². The standard InChI is InChI=1S/C18H20N4OS/c1-4-19-16-14-12(2)15(24-17(14)21-11-20-16)18(23)22(3)10-13-8-6-5-7-9-13/h5-9,11H,4,10H2,1-3H3,(H,19,20,21). The SMILES string of the molecule is CCNc1ncnc2sc(C(=O)N(C)Cc3ccccc3)c(C)c12. The maximum Gasteiger partial charge on any atom is 0.264 e. The maximum absolute atomic E-state index is 12.9. The van der Waals surface area contributed by atoms with Gasteiger partial charge >= 0.3 is 0 Å². The molecule has 2 aromatic heterocycles. The van der Waals surface area contributed by atoms with Crippen molar-refractivity contribution in [1.29, 1.82) is 0 Å². The van der Waals surface area contributed by atoms with Gasteiger partial charge in [0.2, 0.25) is 0 Å². The van der Waals surface area contributed by atoms with E-state index in [0.717, 1.165) is 38.6 Å². The highest BCUT2D eigenvalue weighted by Crippen LogP contribution is 2.33. The van der Waals surface area contributed by atoms with E-state index in [1.54, 1.807) is 4.90 Å². The van der Waals surface area contributed by atoms with Crippen LogP contribution in [-0.2, 0) is 6.54 Å². The molecule has 0 aliphatic heterocycles. The number of benzene rings is 1. The van der Waals surface area contributed by atoms with Gasteiger partial charge in [0, 0.05) is 20.1 Å². The van der Waals surface area contributed by atoms with Crippen LogP contribution in [0.15, 0.2) is 36.7 Å². The van der Waals surface area contributed by atoms with E-state index in [4.69, 9.17) is 0 Å². The minimum Gasteiger partial charge on any atom is -0.370 e. The molecule has 1 amide bonds. The lowest BCUT2D eigenvalue weighted by Gasteiger charge is -2.17. The van der Waals surface area contributed by atoms with Crippen LogP contribution in [-0.4, -0.2) is 34.4 Å². The second-order valence-corrected chi connectivity index (χ2v) is 6.63. The smallest absolute Gasteiger partial charge is 0.264 e. The number of amides is 1. The van der Waals surface area contributed by atoms with Gasteiger partial charge in [0.15, 0.2) is 0 Å². The number of aromatic nitrogens is 2. The Morgan fingerprint density at radius 2 is 2.00 bits per heavy atom. The van der Waals surface area contributed by atoms with Crippen molar-refractivity contribution in [2.24, 2.45) is 0 Å². The molecule has 0 atom stereocenters. The lowest BCUT2D eigenvalue weighted by atomic mass is 10.1. The first-order valence-corrected chi connectivity index (χ1v) is 8.70. The molecule has 0 saturated carbocycles. The zero-order valence-electron chi connectivity index (χ0n) is 14.0. The summed E-state index contributed by atoms with van der Waals surface area (Å²) in [6.45, 7) is 5.35. The Kier molecular flexibility index (Phi) is 4.76. The van der Waals surface area contributed by atoms with E-state index in [1.165, 1.54) is 17.7 Å². The van der Waals surface area contributed by atoms with Crippen LogP contribution >= 0.6 is 11.3 Å². The largest absolute Gasteiger partial charge is 0.370 e. The molecule has 24 heavy (non-hydrogen) atoms. The first-order valence-electron chi connectivity index (χ1n) is 7.89. The Labute approximate surface area is 145 Å². The third kappa shape index (κ3) is 3.10. The van der Waals surface area contributed by atoms with Crippen LogP contribution in [0.25, 0.3) is 10.2 Å². The Bertz CT molecular complexity index is 860. The molecule has 1 N–H and O–H groups in total. The van der Waals surface area contributed by atoms with Crippen molar-refractivity contribution in [2.75, 3.05) is 18.9 Å². The van der Waals surface area contributed by atoms with Gasteiger partial charge in [0.25, 0.3) is 5.91 Å². The zero-order chi connectivity index (χ0) is 17.1. The minimum absolute atomic E-state index is 0.0156. The van der Waals surface area contributed by atoms with E-state index in [0.29, 0.717) is 6.54 Å². The fourth-order valence-corrected chi connectivity index (χ4v) is 3.82. The van der Waals surface area contributed by atoms with Crippen LogP contribution in [0.4, 0.5) is 5.82 Å². The van der Waals surface area contributed by atoms with Gasteiger partial charge in [-0.3, -0.25) is 4.79 Å². The van der Waals surface area contributed by atoms with Crippen molar-refractivity contribution in [2.45, 2.75) is 20.4 Å². The molecule has 0 aliphatic carbocycles. The molecule has 0 bridgehead atoms. The van der Waals surface area contributed by atoms with Gasteiger partial charge in [-0.05, 0) is 25.0 Å². The molecule has 0 radical (unpaired) electrons. The van der Waals surface area contributed by atoms with Gasteiger partial charge in [0.05, 0.1) is 10.3 Å². The van der Waals surface area contributed by atoms with Crippen LogP contribution < -0.4 is 5.32 Å². The maximum atomic E-state index is 12.9. The molecule has 3 rings (SSSR count). The van der Waals surface area contributed by atoms with Crippen molar-refractivity contribution in [3.8, 4) is 0 Å². The quantitative estimate of drug-likeness (QED) is 0.769. The van der Waals surface area contributed by atoms with Crippen molar-refractivity contribution in [3.63, 3.8) is 0 Å². The molecular formula is C18H20N4OS. The van der Waals surface area contributed by atoms with Crippen LogP contribution in [0.2, 0.25) is 0 Å². The molecule has 0 saturated heterocycles. The predicted molar refractivity (Wildman–Crippen MR) is 98.6 cm³/mol. The van der Waals surface area contributed by atoms with E-state index in [-0.39, 0.29) is 5.91 Å².